The van der Waals surface area contributed by atoms with Gasteiger partial charge in [0.2, 0.25) is 0 Å². The maximum atomic E-state index is 8.50. The summed E-state index contributed by atoms with van der Waals surface area (Å²) in [5.41, 5.74) is 6.04. The Bertz CT molecular complexity index is 532. The summed E-state index contributed by atoms with van der Waals surface area (Å²) in [6.45, 7) is 0. The minimum Gasteiger partial charge on any atom is -0.423 e. The second-order valence-electron chi connectivity index (χ2n) is 3.31. The van der Waals surface area contributed by atoms with Gasteiger partial charge >= 0.3 is 6.01 Å². The van der Waals surface area contributed by atoms with E-state index in [1.165, 1.54) is 0 Å². The van der Waals surface area contributed by atoms with Gasteiger partial charge in [0, 0.05) is 12.6 Å². The smallest absolute Gasteiger partial charge is 0.340 e. The van der Waals surface area contributed by atoms with E-state index in [4.69, 9.17) is 15.7 Å². The van der Waals surface area contributed by atoms with Gasteiger partial charge in [-0.3, -0.25) is 4.68 Å². The lowest BCUT2D eigenvalue weighted by Crippen LogP contribution is -2.12. The van der Waals surface area contributed by atoms with Crippen LogP contribution < -0.4 is 10.5 Å². The van der Waals surface area contributed by atoms with Crippen molar-refractivity contribution in [2.24, 2.45) is 17.9 Å². The molecule has 17 heavy (non-hydrogen) atoms. The normalized spacial score (nSPS) is 11.5. The lowest BCUT2D eigenvalue weighted by atomic mass is 10.2. The van der Waals surface area contributed by atoms with Crippen molar-refractivity contribution in [3.63, 3.8) is 0 Å². The van der Waals surface area contributed by atoms with Crippen LogP contribution >= 0.6 is 0 Å². The average molecular weight is 233 g/mol. The van der Waals surface area contributed by atoms with Crippen molar-refractivity contribution in [2.45, 2.75) is 0 Å². The third-order valence-electron chi connectivity index (χ3n) is 2.05. The summed E-state index contributed by atoms with van der Waals surface area (Å²) >= 11 is 0. The lowest BCUT2D eigenvalue weighted by Gasteiger charge is -2.02. The number of ether oxygens (including phenoxy) is 1. The molecule has 1 aromatic heterocycles. The molecule has 0 radical (unpaired) electrons. The Hall–Kier alpha value is -2.57. The molecule has 7 heteroatoms. The largest absolute Gasteiger partial charge is 0.423 e. The predicted octanol–water partition coefficient (Wildman–Crippen LogP) is 0.702. The topological polar surface area (TPSA) is 98.6 Å². The molecule has 0 aliphatic rings. The molecule has 2 aromatic rings. The Balaban J connectivity index is 2.13. The molecule has 0 unspecified atom stereocenters. The number of aryl methyl sites for hydroxylation is 1. The molecule has 0 saturated heterocycles. The highest BCUT2D eigenvalue weighted by Crippen LogP contribution is 2.17. The van der Waals surface area contributed by atoms with Gasteiger partial charge in [-0.05, 0) is 24.3 Å². The standard InChI is InChI=1S/C10H11N5O2/c1-15-6-12-10(13-15)17-8-4-2-7(3-5-8)9(11)14-16/h2-6,16H,1H3,(H2,11,14). The molecule has 0 saturated carbocycles. The number of rotatable bonds is 3. The first-order valence-electron chi connectivity index (χ1n) is 4.80. The van der Waals surface area contributed by atoms with E-state index in [0.29, 0.717) is 11.3 Å². The molecule has 0 amide bonds. The molecule has 0 spiro atoms. The van der Waals surface area contributed by atoms with Crippen molar-refractivity contribution < 1.29 is 9.94 Å². The molecule has 2 rings (SSSR count). The van der Waals surface area contributed by atoms with Crippen LogP contribution in [0.5, 0.6) is 11.8 Å². The molecule has 0 bridgehead atoms. The van der Waals surface area contributed by atoms with E-state index in [2.05, 4.69) is 15.2 Å². The highest BCUT2D eigenvalue weighted by molar-refractivity contribution is 5.97. The first-order chi connectivity index (χ1) is 8.19. The van der Waals surface area contributed by atoms with Crippen molar-refractivity contribution in [1.82, 2.24) is 14.8 Å². The van der Waals surface area contributed by atoms with Crippen LogP contribution in [0.25, 0.3) is 0 Å². The maximum Gasteiger partial charge on any atom is 0.340 e. The third-order valence-corrected chi connectivity index (χ3v) is 2.05. The molecule has 0 fully saturated rings. The molecular weight excluding hydrogens is 222 g/mol. The van der Waals surface area contributed by atoms with Gasteiger partial charge in [0.15, 0.2) is 5.84 Å². The van der Waals surface area contributed by atoms with E-state index >= 15 is 0 Å². The van der Waals surface area contributed by atoms with Crippen LogP contribution in [0, 0.1) is 0 Å². The highest BCUT2D eigenvalue weighted by Gasteiger charge is 2.03. The molecule has 1 aromatic carbocycles. The number of aromatic nitrogens is 3. The number of amidine groups is 1. The van der Waals surface area contributed by atoms with Gasteiger partial charge < -0.3 is 15.7 Å². The lowest BCUT2D eigenvalue weighted by molar-refractivity contribution is 0.318. The Morgan fingerprint density at radius 3 is 2.65 bits per heavy atom. The summed E-state index contributed by atoms with van der Waals surface area (Å²) in [6.07, 6.45) is 1.54. The number of nitrogens with two attached hydrogens (primary N) is 1. The summed E-state index contributed by atoms with van der Waals surface area (Å²) in [5.74, 6) is 0.623. The molecule has 88 valence electrons. The van der Waals surface area contributed by atoms with E-state index in [1.807, 2.05) is 0 Å². The third kappa shape index (κ3) is 2.51. The number of hydrogen-bond donors (Lipinski definition) is 2. The van der Waals surface area contributed by atoms with Crippen molar-refractivity contribution in [1.29, 1.82) is 0 Å². The minimum absolute atomic E-state index is 0.0486. The summed E-state index contributed by atoms with van der Waals surface area (Å²) in [7, 11) is 1.75. The van der Waals surface area contributed by atoms with Gasteiger partial charge in [-0.25, -0.2) is 0 Å². The van der Waals surface area contributed by atoms with Gasteiger partial charge in [0.25, 0.3) is 0 Å². The van der Waals surface area contributed by atoms with Gasteiger partial charge in [0.1, 0.15) is 12.1 Å². The fourth-order valence-corrected chi connectivity index (χ4v) is 1.22. The number of nitrogens with zero attached hydrogens (tertiary/aromatic N) is 4. The first-order valence-corrected chi connectivity index (χ1v) is 4.80. The van der Waals surface area contributed by atoms with E-state index in [1.54, 1.807) is 42.3 Å². The van der Waals surface area contributed by atoms with E-state index in [-0.39, 0.29) is 11.8 Å². The Labute approximate surface area is 97.1 Å². The highest BCUT2D eigenvalue weighted by atomic mass is 16.5. The summed E-state index contributed by atoms with van der Waals surface area (Å²) in [6, 6.07) is 6.98. The first kappa shape index (κ1) is 10.9. The molecule has 7 nitrogen and oxygen atoms in total. The van der Waals surface area contributed by atoms with Crippen molar-refractivity contribution in [3.8, 4) is 11.8 Å². The van der Waals surface area contributed by atoms with Crippen LogP contribution in [0.2, 0.25) is 0 Å². The summed E-state index contributed by atoms with van der Waals surface area (Å²) in [5, 5.41) is 15.4. The van der Waals surface area contributed by atoms with Crippen molar-refractivity contribution in [2.75, 3.05) is 0 Å². The molecule has 0 atom stereocenters. The average Bonchev–Trinajstić information content (AvgIpc) is 2.75. The van der Waals surface area contributed by atoms with Crippen LogP contribution in [0.1, 0.15) is 5.56 Å². The Morgan fingerprint density at radius 1 is 1.41 bits per heavy atom. The van der Waals surface area contributed by atoms with Crippen LogP contribution in [0.4, 0.5) is 0 Å². The fourth-order valence-electron chi connectivity index (χ4n) is 1.22. The van der Waals surface area contributed by atoms with Gasteiger partial charge in [-0.15, -0.1) is 5.10 Å². The van der Waals surface area contributed by atoms with Crippen molar-refractivity contribution in [3.05, 3.63) is 36.2 Å². The molecule has 1 heterocycles. The van der Waals surface area contributed by atoms with Crippen LogP contribution in [-0.2, 0) is 7.05 Å². The van der Waals surface area contributed by atoms with Gasteiger partial charge in [-0.1, -0.05) is 5.16 Å². The minimum atomic E-state index is 0.0486. The van der Waals surface area contributed by atoms with Crippen LogP contribution in [0.15, 0.2) is 35.7 Å². The summed E-state index contributed by atoms with van der Waals surface area (Å²) < 4.78 is 6.92. The second-order valence-corrected chi connectivity index (χ2v) is 3.31. The van der Waals surface area contributed by atoms with E-state index in [9.17, 15) is 0 Å². The summed E-state index contributed by atoms with van der Waals surface area (Å²) in [4.78, 5) is 3.93. The van der Waals surface area contributed by atoms with Gasteiger partial charge in [-0.2, -0.15) is 4.98 Å². The number of oxime groups is 1. The van der Waals surface area contributed by atoms with E-state index < -0.39 is 0 Å². The zero-order valence-electron chi connectivity index (χ0n) is 9.11. The zero-order valence-corrected chi connectivity index (χ0v) is 9.11. The Kier molecular flexibility index (Phi) is 2.91. The van der Waals surface area contributed by atoms with Crippen molar-refractivity contribution >= 4 is 5.84 Å². The van der Waals surface area contributed by atoms with Gasteiger partial charge in [0.05, 0.1) is 0 Å². The second kappa shape index (κ2) is 4.52. The SMILES string of the molecule is Cn1cnc(Oc2ccc(/C(N)=N/O)cc2)n1. The predicted molar refractivity (Wildman–Crippen MR) is 60.0 cm³/mol. The quantitative estimate of drug-likeness (QED) is 0.352. The molecule has 0 aliphatic carbocycles. The maximum absolute atomic E-state index is 8.50. The van der Waals surface area contributed by atoms with Crippen LogP contribution in [-0.4, -0.2) is 25.8 Å². The van der Waals surface area contributed by atoms with E-state index in [0.717, 1.165) is 0 Å². The zero-order chi connectivity index (χ0) is 12.3. The molecule has 3 N–H and O–H groups in total. The monoisotopic (exact) mass is 233 g/mol. The fraction of sp³-hybridized carbons (Fsp3) is 0.100. The van der Waals surface area contributed by atoms with Crippen LogP contribution in [0.3, 0.4) is 0 Å². The molecular formula is C10H11N5O2. The number of hydrogen-bond acceptors (Lipinski definition) is 5. The molecule has 0 aliphatic heterocycles. The Morgan fingerprint density at radius 2 is 2.12 bits per heavy atom. The number of benzene rings is 1.